The van der Waals surface area contributed by atoms with Crippen molar-refractivity contribution in [2.24, 2.45) is 28.6 Å². The summed E-state index contributed by atoms with van der Waals surface area (Å²) < 4.78 is 14.2. The molecule has 48 heavy (non-hydrogen) atoms. The van der Waals surface area contributed by atoms with E-state index in [1.165, 1.54) is 43.3 Å². The minimum atomic E-state index is -1.99. The lowest BCUT2D eigenvalue weighted by Crippen LogP contribution is -2.49. The molecule has 1 N–H and O–H groups in total. The SMILES string of the molecule is C=C1C(=CC=C2CCC[C@]3(C)[C@@H]([C@H](C)C=C[C@H](O)C4(C=CCC)CC4)CC[C@@H]23)C[C@@H](O[Si](C)(C)C(C)(C)C)C[C@@H]1O[Si](C)(C)C(C)(C)C. The Balaban J connectivity index is 1.55. The van der Waals surface area contributed by atoms with Crippen molar-refractivity contribution < 1.29 is 14.0 Å². The molecule has 0 unspecified atom stereocenters. The third-order valence-electron chi connectivity index (χ3n) is 14.1. The van der Waals surface area contributed by atoms with Crippen LogP contribution in [0, 0.1) is 28.6 Å². The Kier molecular flexibility index (Phi) is 12.1. The predicted molar refractivity (Wildman–Crippen MR) is 212 cm³/mol. The molecule has 272 valence electrons. The summed E-state index contributed by atoms with van der Waals surface area (Å²) in [5.41, 5.74) is 4.45. The van der Waals surface area contributed by atoms with E-state index < -0.39 is 16.6 Å². The van der Waals surface area contributed by atoms with Gasteiger partial charge >= 0.3 is 0 Å². The molecular weight excluding hydrogens is 621 g/mol. The van der Waals surface area contributed by atoms with Crippen molar-refractivity contribution in [3.05, 3.63) is 59.8 Å². The van der Waals surface area contributed by atoms with Gasteiger partial charge in [0.05, 0.1) is 18.3 Å². The van der Waals surface area contributed by atoms with Crippen molar-refractivity contribution in [2.45, 2.75) is 181 Å². The number of fused-ring (bicyclic) bond motifs is 1. The number of aliphatic hydroxyl groups is 1. The Hall–Kier alpha value is -0.986. The monoisotopic (exact) mass is 695 g/mol. The molecule has 0 aromatic heterocycles. The fourth-order valence-corrected chi connectivity index (χ4v) is 11.2. The van der Waals surface area contributed by atoms with E-state index in [0.29, 0.717) is 23.2 Å². The molecule has 4 saturated carbocycles. The zero-order valence-electron chi connectivity index (χ0n) is 33.5. The molecule has 0 saturated heterocycles. The third kappa shape index (κ3) is 8.55. The molecule has 0 aliphatic heterocycles. The average Bonchev–Trinajstić information content (AvgIpc) is 3.68. The minimum absolute atomic E-state index is 0.00478. The third-order valence-corrected chi connectivity index (χ3v) is 23.1. The van der Waals surface area contributed by atoms with Crippen molar-refractivity contribution in [2.75, 3.05) is 0 Å². The zero-order chi connectivity index (χ0) is 35.9. The van der Waals surface area contributed by atoms with Gasteiger partial charge in [0.15, 0.2) is 16.6 Å². The molecule has 0 aromatic carbocycles. The number of hydrogen-bond donors (Lipinski definition) is 1. The fourth-order valence-electron chi connectivity index (χ4n) is 8.57. The molecule has 4 aliphatic carbocycles. The van der Waals surface area contributed by atoms with Crippen LogP contribution in [-0.2, 0) is 8.85 Å². The van der Waals surface area contributed by atoms with E-state index >= 15 is 0 Å². The smallest absolute Gasteiger partial charge is 0.192 e. The maximum atomic E-state index is 11.1. The van der Waals surface area contributed by atoms with Crippen LogP contribution in [0.4, 0.5) is 0 Å². The van der Waals surface area contributed by atoms with Gasteiger partial charge in [0.1, 0.15) is 0 Å². The summed E-state index contributed by atoms with van der Waals surface area (Å²) in [6.45, 7) is 35.4. The molecule has 7 atom stereocenters. The van der Waals surface area contributed by atoms with E-state index in [1.54, 1.807) is 5.57 Å². The second-order valence-electron chi connectivity index (χ2n) is 19.6. The molecule has 3 nitrogen and oxygen atoms in total. The number of aliphatic hydroxyl groups excluding tert-OH is 1. The molecule has 0 radical (unpaired) electrons. The molecule has 0 aromatic rings. The number of hydrogen-bond acceptors (Lipinski definition) is 3. The Bertz CT molecular complexity index is 1270. The first kappa shape index (κ1) is 39.8. The fraction of sp³-hybridized carbons (Fsp3) is 0.767. The lowest BCUT2D eigenvalue weighted by Gasteiger charge is -2.45. The van der Waals surface area contributed by atoms with E-state index in [2.05, 4.69) is 125 Å². The first-order chi connectivity index (χ1) is 22.1. The molecule has 0 bridgehead atoms. The summed E-state index contributed by atoms with van der Waals surface area (Å²) in [7, 11) is -3.93. The summed E-state index contributed by atoms with van der Waals surface area (Å²) in [5, 5.41) is 11.4. The normalized spacial score (nSPS) is 33.2. The molecule has 4 rings (SSSR count). The van der Waals surface area contributed by atoms with Crippen molar-refractivity contribution in [1.82, 2.24) is 0 Å². The maximum absolute atomic E-state index is 11.1. The highest BCUT2D eigenvalue weighted by Gasteiger charge is 2.51. The summed E-state index contributed by atoms with van der Waals surface area (Å²) in [6.07, 6.45) is 25.1. The standard InChI is InChI=1S/C43H74O3Si2/c1-15-16-26-43(27-28-43)39(44)24-19-31(2)36-22-23-37-33(18-17-25-42(36,37)10)20-21-34-29-35(45-47(11,12)40(4,5)6)30-38(32(34)3)46-48(13,14)41(7,8)9/h16,19-21,24,26,31,35-39,44H,3,15,17-18,22-23,25,27-30H2,1-2,4-14H3/t31-,35-,36-,37+,38+,39+,42-/m1/s1. The van der Waals surface area contributed by atoms with Gasteiger partial charge in [-0.15, -0.1) is 0 Å². The Morgan fingerprint density at radius 2 is 1.56 bits per heavy atom. The topological polar surface area (TPSA) is 38.7 Å². The van der Waals surface area contributed by atoms with E-state index in [0.717, 1.165) is 32.1 Å². The predicted octanol–water partition coefficient (Wildman–Crippen LogP) is 12.5. The number of allylic oxidation sites excluding steroid dienone is 5. The van der Waals surface area contributed by atoms with Gasteiger partial charge < -0.3 is 14.0 Å². The summed E-state index contributed by atoms with van der Waals surface area (Å²) in [5.74, 6) is 1.75. The van der Waals surface area contributed by atoms with Crippen LogP contribution in [0.3, 0.4) is 0 Å². The van der Waals surface area contributed by atoms with Gasteiger partial charge in [0, 0.05) is 11.8 Å². The maximum Gasteiger partial charge on any atom is 0.192 e. The first-order valence-electron chi connectivity index (χ1n) is 19.6. The Labute approximate surface area is 299 Å². The molecule has 0 amide bonds. The van der Waals surface area contributed by atoms with Gasteiger partial charge in [-0.05, 0) is 128 Å². The summed E-state index contributed by atoms with van der Waals surface area (Å²) in [6, 6.07) is 0. The Morgan fingerprint density at radius 1 is 0.938 bits per heavy atom. The summed E-state index contributed by atoms with van der Waals surface area (Å²) in [4.78, 5) is 0. The van der Waals surface area contributed by atoms with Gasteiger partial charge in [-0.25, -0.2) is 0 Å². The zero-order valence-corrected chi connectivity index (χ0v) is 35.5. The van der Waals surface area contributed by atoms with E-state index in [-0.39, 0.29) is 33.8 Å². The van der Waals surface area contributed by atoms with E-state index in [1.807, 2.05) is 0 Å². The van der Waals surface area contributed by atoms with Crippen LogP contribution in [-0.4, -0.2) is 40.1 Å². The highest BCUT2D eigenvalue weighted by Crippen LogP contribution is 2.60. The van der Waals surface area contributed by atoms with Crippen LogP contribution < -0.4 is 0 Å². The Morgan fingerprint density at radius 3 is 2.15 bits per heavy atom. The van der Waals surface area contributed by atoms with Gasteiger partial charge in [-0.2, -0.15) is 0 Å². The van der Waals surface area contributed by atoms with Crippen LogP contribution in [0.15, 0.2) is 59.8 Å². The quantitative estimate of drug-likeness (QED) is 0.173. The lowest BCUT2D eigenvalue weighted by molar-refractivity contribution is 0.0969. The van der Waals surface area contributed by atoms with Gasteiger partial charge in [0.25, 0.3) is 0 Å². The van der Waals surface area contributed by atoms with Gasteiger partial charge in [-0.1, -0.05) is 111 Å². The van der Waals surface area contributed by atoms with E-state index in [9.17, 15) is 5.11 Å². The minimum Gasteiger partial charge on any atom is -0.413 e. The largest absolute Gasteiger partial charge is 0.413 e. The van der Waals surface area contributed by atoms with Crippen molar-refractivity contribution >= 4 is 16.6 Å². The van der Waals surface area contributed by atoms with E-state index in [4.69, 9.17) is 15.4 Å². The lowest BCUT2D eigenvalue weighted by atomic mass is 9.61. The highest BCUT2D eigenvalue weighted by molar-refractivity contribution is 6.74. The molecule has 4 fully saturated rings. The number of rotatable bonds is 11. The summed E-state index contributed by atoms with van der Waals surface area (Å²) >= 11 is 0. The molecule has 0 spiro atoms. The van der Waals surface area contributed by atoms with Crippen LogP contribution >= 0.6 is 0 Å². The van der Waals surface area contributed by atoms with Crippen LogP contribution in [0.25, 0.3) is 0 Å². The highest BCUT2D eigenvalue weighted by atomic mass is 28.4. The van der Waals surface area contributed by atoms with Crippen LogP contribution in [0.1, 0.15) is 127 Å². The molecule has 0 heterocycles. The second-order valence-corrected chi connectivity index (χ2v) is 29.1. The van der Waals surface area contributed by atoms with Crippen molar-refractivity contribution in [1.29, 1.82) is 0 Å². The van der Waals surface area contributed by atoms with Crippen LogP contribution in [0.2, 0.25) is 36.3 Å². The van der Waals surface area contributed by atoms with Crippen molar-refractivity contribution in [3.8, 4) is 0 Å². The first-order valence-corrected chi connectivity index (χ1v) is 25.4. The average molecular weight is 695 g/mol. The van der Waals surface area contributed by atoms with Crippen molar-refractivity contribution in [3.63, 3.8) is 0 Å². The van der Waals surface area contributed by atoms with Gasteiger partial charge in [-0.3, -0.25) is 0 Å². The van der Waals surface area contributed by atoms with Gasteiger partial charge in [0.2, 0.25) is 0 Å². The second kappa shape index (κ2) is 14.6. The molecule has 4 aliphatic rings. The van der Waals surface area contributed by atoms with Crippen LogP contribution in [0.5, 0.6) is 0 Å². The molecular formula is C43H74O3Si2. The molecule has 5 heteroatoms.